The smallest absolute Gasteiger partial charge is 0.340 e. The number of methoxy groups -OCH3 is 1. The molecule has 0 spiro atoms. The Labute approximate surface area is 169 Å². The molecule has 0 unspecified atom stereocenters. The van der Waals surface area contributed by atoms with Gasteiger partial charge in [0.2, 0.25) is 0 Å². The van der Waals surface area contributed by atoms with Gasteiger partial charge < -0.3 is 14.8 Å². The quantitative estimate of drug-likeness (QED) is 0.243. The van der Waals surface area contributed by atoms with Gasteiger partial charge in [-0.25, -0.2) is 9.78 Å². The third-order valence-corrected chi connectivity index (χ3v) is 4.25. The topological polar surface area (TPSA) is 109 Å². The molecule has 2 aromatic carbocycles. The Balaban J connectivity index is 1.85. The molecule has 0 saturated carbocycles. The Bertz CT molecular complexity index is 1070. The van der Waals surface area contributed by atoms with Gasteiger partial charge in [-0.15, -0.1) is 0 Å². The number of anilines is 1. The van der Waals surface area contributed by atoms with Crippen molar-refractivity contribution < 1.29 is 28.0 Å². The second kappa shape index (κ2) is 9.27. The number of halogens is 2. The Morgan fingerprint density at radius 2 is 2.07 bits per heavy atom. The van der Waals surface area contributed by atoms with Crippen molar-refractivity contribution in [1.82, 2.24) is 9.55 Å². The number of nitro groups is 1. The van der Waals surface area contributed by atoms with Crippen LogP contribution < -0.4 is 5.32 Å². The molecule has 158 valence electrons. The van der Waals surface area contributed by atoms with Gasteiger partial charge in [0.25, 0.3) is 5.69 Å². The Hall–Kier alpha value is -3.60. The third-order valence-electron chi connectivity index (χ3n) is 4.25. The normalized spacial score (nSPS) is 11.1. The van der Waals surface area contributed by atoms with Crippen LogP contribution in [0, 0.1) is 10.1 Å². The van der Waals surface area contributed by atoms with E-state index >= 15 is 0 Å². The molecule has 9 nitrogen and oxygen atoms in total. The van der Waals surface area contributed by atoms with Crippen LogP contribution in [0.4, 0.5) is 20.2 Å². The predicted molar refractivity (Wildman–Crippen MR) is 104 cm³/mol. The molecular formula is C19H18F2N4O5. The van der Waals surface area contributed by atoms with Gasteiger partial charge in [0, 0.05) is 31.5 Å². The summed E-state index contributed by atoms with van der Waals surface area (Å²) in [5, 5.41) is 14.0. The maximum atomic E-state index is 13.5. The first-order chi connectivity index (χ1) is 14.4. The molecule has 0 bridgehead atoms. The molecule has 0 aliphatic heterocycles. The molecule has 0 aliphatic carbocycles. The highest BCUT2D eigenvalue weighted by Crippen LogP contribution is 2.26. The number of imidazole rings is 1. The van der Waals surface area contributed by atoms with Crippen LogP contribution in [0.15, 0.2) is 42.5 Å². The highest BCUT2D eigenvalue weighted by atomic mass is 19.3. The summed E-state index contributed by atoms with van der Waals surface area (Å²) in [6.07, 6.45) is 0. The molecule has 0 amide bonds. The number of hydrogen-bond donors (Lipinski definition) is 1. The second-order valence-corrected chi connectivity index (χ2v) is 6.15. The maximum absolute atomic E-state index is 13.5. The lowest BCUT2D eigenvalue weighted by Crippen LogP contribution is -2.15. The molecule has 3 rings (SSSR count). The zero-order valence-corrected chi connectivity index (χ0v) is 15.9. The van der Waals surface area contributed by atoms with Gasteiger partial charge in [0.05, 0.1) is 28.1 Å². The second-order valence-electron chi connectivity index (χ2n) is 6.15. The standard InChI is InChI=1S/C19H18F2N4O5/c1-29-9-8-22-14-7-6-12(25(27)28)10-13(14)18(26)30-11-17-23-15-4-2-3-5-16(15)24(17)19(20)21/h2-7,10,19,22H,8-9,11H2,1H3. The number of alkyl halides is 2. The van der Waals surface area contributed by atoms with Crippen molar-refractivity contribution in [2.75, 3.05) is 25.6 Å². The van der Waals surface area contributed by atoms with Crippen LogP contribution in [0.3, 0.4) is 0 Å². The number of para-hydroxylation sites is 2. The van der Waals surface area contributed by atoms with Gasteiger partial charge in [0.15, 0.2) is 5.82 Å². The number of esters is 1. The number of nitrogens with zero attached hydrogens (tertiary/aromatic N) is 3. The highest BCUT2D eigenvalue weighted by molar-refractivity contribution is 5.96. The van der Waals surface area contributed by atoms with Crippen molar-refractivity contribution in [3.63, 3.8) is 0 Å². The van der Waals surface area contributed by atoms with Crippen LogP contribution in [0.2, 0.25) is 0 Å². The number of hydrogen-bond acceptors (Lipinski definition) is 7. The highest BCUT2D eigenvalue weighted by Gasteiger charge is 2.21. The first-order valence-electron chi connectivity index (χ1n) is 8.84. The van der Waals surface area contributed by atoms with E-state index in [0.717, 1.165) is 6.07 Å². The summed E-state index contributed by atoms with van der Waals surface area (Å²) >= 11 is 0. The van der Waals surface area contributed by atoms with Gasteiger partial charge in [-0.05, 0) is 18.2 Å². The fourth-order valence-electron chi connectivity index (χ4n) is 2.88. The summed E-state index contributed by atoms with van der Waals surface area (Å²) < 4.78 is 37.8. The minimum atomic E-state index is -2.88. The van der Waals surface area contributed by atoms with Crippen LogP contribution >= 0.6 is 0 Å². The molecule has 1 aromatic heterocycles. The van der Waals surface area contributed by atoms with E-state index < -0.39 is 24.0 Å². The van der Waals surface area contributed by atoms with Crippen molar-refractivity contribution in [1.29, 1.82) is 0 Å². The van der Waals surface area contributed by atoms with E-state index in [9.17, 15) is 23.7 Å². The zero-order valence-electron chi connectivity index (χ0n) is 15.9. The molecule has 1 heterocycles. The lowest BCUT2D eigenvalue weighted by molar-refractivity contribution is -0.384. The summed E-state index contributed by atoms with van der Waals surface area (Å²) in [5.41, 5.74) is 0.432. The molecule has 0 radical (unpaired) electrons. The summed E-state index contributed by atoms with van der Waals surface area (Å²) in [5.74, 6) is -1.05. The molecular weight excluding hydrogens is 402 g/mol. The van der Waals surface area contributed by atoms with E-state index in [2.05, 4.69) is 10.3 Å². The summed E-state index contributed by atoms with van der Waals surface area (Å²) in [6.45, 7) is -2.73. The first-order valence-corrected chi connectivity index (χ1v) is 8.84. The van der Waals surface area contributed by atoms with E-state index in [-0.39, 0.29) is 22.6 Å². The zero-order chi connectivity index (χ0) is 21.7. The first kappa shape index (κ1) is 21.1. The Kier molecular flexibility index (Phi) is 6.52. The number of benzene rings is 2. The number of aromatic nitrogens is 2. The van der Waals surface area contributed by atoms with E-state index in [1.165, 1.54) is 25.3 Å². The van der Waals surface area contributed by atoms with Crippen molar-refractivity contribution in [3.8, 4) is 0 Å². The Morgan fingerprint density at radius 1 is 1.30 bits per heavy atom. The molecule has 0 atom stereocenters. The van der Waals surface area contributed by atoms with E-state index in [1.807, 2.05) is 0 Å². The van der Waals surface area contributed by atoms with Crippen LogP contribution in [-0.2, 0) is 16.1 Å². The van der Waals surface area contributed by atoms with Gasteiger partial charge in [0.1, 0.15) is 6.61 Å². The SMILES string of the molecule is COCCNc1ccc([N+](=O)[O-])cc1C(=O)OCc1nc2ccccc2n1C(F)F. The van der Waals surface area contributed by atoms with E-state index in [1.54, 1.807) is 18.2 Å². The predicted octanol–water partition coefficient (Wildman–Crippen LogP) is 3.75. The van der Waals surface area contributed by atoms with Crippen molar-refractivity contribution >= 4 is 28.4 Å². The van der Waals surface area contributed by atoms with Crippen molar-refractivity contribution in [2.45, 2.75) is 13.2 Å². The molecule has 11 heteroatoms. The molecule has 30 heavy (non-hydrogen) atoms. The average Bonchev–Trinajstić information content (AvgIpc) is 3.11. The molecule has 3 aromatic rings. The summed E-state index contributed by atoms with van der Waals surface area (Å²) in [7, 11) is 1.50. The largest absolute Gasteiger partial charge is 0.454 e. The maximum Gasteiger partial charge on any atom is 0.340 e. The Morgan fingerprint density at radius 3 is 2.77 bits per heavy atom. The average molecular weight is 420 g/mol. The number of nitrogens with one attached hydrogen (secondary N) is 1. The number of fused-ring (bicyclic) bond motifs is 1. The van der Waals surface area contributed by atoms with Crippen molar-refractivity contribution in [2.24, 2.45) is 0 Å². The fourth-order valence-corrected chi connectivity index (χ4v) is 2.88. The van der Waals surface area contributed by atoms with Crippen LogP contribution in [-0.4, -0.2) is 40.7 Å². The minimum absolute atomic E-state index is 0.0972. The molecule has 0 aliphatic rings. The number of carbonyl (C=O) groups is 1. The number of non-ortho nitro benzene ring substituents is 1. The fraction of sp³-hybridized carbons (Fsp3) is 0.263. The number of ether oxygens (including phenoxy) is 2. The number of carbonyl (C=O) groups excluding carboxylic acids is 1. The van der Waals surface area contributed by atoms with Gasteiger partial charge in [-0.1, -0.05) is 12.1 Å². The molecule has 0 fully saturated rings. The summed E-state index contributed by atoms with van der Waals surface area (Å²) in [4.78, 5) is 27.1. The van der Waals surface area contributed by atoms with E-state index in [4.69, 9.17) is 9.47 Å². The van der Waals surface area contributed by atoms with Gasteiger partial charge in [-0.2, -0.15) is 8.78 Å². The minimum Gasteiger partial charge on any atom is -0.454 e. The van der Waals surface area contributed by atoms with Crippen LogP contribution in [0.1, 0.15) is 22.7 Å². The lowest BCUT2D eigenvalue weighted by Gasteiger charge is -2.12. The van der Waals surface area contributed by atoms with Crippen LogP contribution in [0.25, 0.3) is 11.0 Å². The third kappa shape index (κ3) is 4.51. The monoisotopic (exact) mass is 420 g/mol. The molecule has 1 N–H and O–H groups in total. The molecule has 0 saturated heterocycles. The van der Waals surface area contributed by atoms with Crippen LogP contribution in [0.5, 0.6) is 0 Å². The van der Waals surface area contributed by atoms with Gasteiger partial charge >= 0.3 is 12.5 Å². The summed E-state index contributed by atoms with van der Waals surface area (Å²) in [6, 6.07) is 9.98. The lowest BCUT2D eigenvalue weighted by atomic mass is 10.1. The number of nitro benzene ring substituents is 1. The van der Waals surface area contributed by atoms with E-state index in [0.29, 0.717) is 28.9 Å². The number of rotatable bonds is 9. The van der Waals surface area contributed by atoms with Gasteiger partial charge in [-0.3, -0.25) is 14.7 Å². The van der Waals surface area contributed by atoms with Crippen molar-refractivity contribution in [3.05, 3.63) is 64.0 Å².